The molecule has 0 aromatic heterocycles. The topological polar surface area (TPSA) is 46.3 Å². The second-order valence-corrected chi connectivity index (χ2v) is 5.12. The number of amides is 1. The van der Waals surface area contributed by atoms with Crippen molar-refractivity contribution in [3.05, 3.63) is 35.1 Å². The highest BCUT2D eigenvalue weighted by molar-refractivity contribution is 5.94. The molecule has 1 aromatic rings. The van der Waals surface area contributed by atoms with Crippen molar-refractivity contribution in [1.29, 1.82) is 0 Å². The standard InChI is InChI=1S/C14H19FN2O.ClH/c1-9-3-4-11(7-13(9)15)14(18)17-6-5-12(8-17)10(2)16;/h3-4,7,10,12H,5-6,8,16H2,1-2H3;1H. The third kappa shape index (κ3) is 3.45. The number of carbonyl (C=O) groups is 1. The minimum absolute atomic E-state index is 0. The van der Waals surface area contributed by atoms with Crippen molar-refractivity contribution in [2.75, 3.05) is 13.1 Å². The molecule has 1 saturated heterocycles. The summed E-state index contributed by atoms with van der Waals surface area (Å²) in [6.07, 6.45) is 0.928. The first-order valence-electron chi connectivity index (χ1n) is 6.30. The number of nitrogens with zero attached hydrogens (tertiary/aromatic N) is 1. The van der Waals surface area contributed by atoms with Crippen LogP contribution in [0.2, 0.25) is 0 Å². The van der Waals surface area contributed by atoms with E-state index in [4.69, 9.17) is 5.73 Å². The molecule has 2 N–H and O–H groups in total. The van der Waals surface area contributed by atoms with E-state index in [0.29, 0.717) is 30.1 Å². The van der Waals surface area contributed by atoms with Crippen LogP contribution in [0.4, 0.5) is 4.39 Å². The lowest BCUT2D eigenvalue weighted by molar-refractivity contribution is 0.0785. The fraction of sp³-hybridized carbons (Fsp3) is 0.500. The zero-order valence-electron chi connectivity index (χ0n) is 11.2. The molecule has 0 radical (unpaired) electrons. The Balaban J connectivity index is 0.00000180. The summed E-state index contributed by atoms with van der Waals surface area (Å²) >= 11 is 0. The molecule has 1 aliphatic heterocycles. The lowest BCUT2D eigenvalue weighted by Gasteiger charge is -2.18. The van der Waals surface area contributed by atoms with Crippen LogP contribution in [0.3, 0.4) is 0 Å². The summed E-state index contributed by atoms with van der Waals surface area (Å²) in [4.78, 5) is 14.0. The highest BCUT2D eigenvalue weighted by Gasteiger charge is 2.29. The van der Waals surface area contributed by atoms with Crippen LogP contribution in [0.15, 0.2) is 18.2 Å². The average Bonchev–Trinajstić information content (AvgIpc) is 2.81. The van der Waals surface area contributed by atoms with E-state index < -0.39 is 0 Å². The van der Waals surface area contributed by atoms with Gasteiger partial charge < -0.3 is 10.6 Å². The SMILES string of the molecule is Cc1ccc(C(=O)N2CCC(C(C)N)C2)cc1F.Cl. The third-order valence-electron chi connectivity index (χ3n) is 3.67. The molecule has 1 aromatic carbocycles. The van der Waals surface area contributed by atoms with Gasteiger partial charge in [0.15, 0.2) is 0 Å². The molecule has 5 heteroatoms. The van der Waals surface area contributed by atoms with E-state index in [1.165, 1.54) is 6.07 Å². The van der Waals surface area contributed by atoms with Gasteiger partial charge in [-0.2, -0.15) is 0 Å². The van der Waals surface area contributed by atoms with E-state index in [1.54, 1.807) is 24.0 Å². The van der Waals surface area contributed by atoms with Crippen molar-refractivity contribution < 1.29 is 9.18 Å². The lowest BCUT2D eigenvalue weighted by atomic mass is 10.0. The minimum Gasteiger partial charge on any atom is -0.338 e. The number of rotatable bonds is 2. The van der Waals surface area contributed by atoms with Crippen molar-refractivity contribution >= 4 is 18.3 Å². The molecule has 1 aliphatic rings. The number of halogens is 2. The Kier molecular flexibility index (Phi) is 5.32. The molecule has 0 aliphatic carbocycles. The van der Waals surface area contributed by atoms with Crippen molar-refractivity contribution in [3.8, 4) is 0 Å². The van der Waals surface area contributed by atoms with Gasteiger partial charge in [0.25, 0.3) is 5.91 Å². The summed E-state index contributed by atoms with van der Waals surface area (Å²) in [6.45, 7) is 5.03. The summed E-state index contributed by atoms with van der Waals surface area (Å²) in [5.41, 5.74) is 6.82. The fourth-order valence-electron chi connectivity index (χ4n) is 2.31. The van der Waals surface area contributed by atoms with Crippen molar-refractivity contribution in [2.45, 2.75) is 26.3 Å². The molecule has 3 nitrogen and oxygen atoms in total. The molecule has 1 heterocycles. The molecule has 0 spiro atoms. The summed E-state index contributed by atoms with van der Waals surface area (Å²) in [5, 5.41) is 0. The molecule has 1 amide bonds. The molecule has 106 valence electrons. The number of likely N-dealkylation sites (tertiary alicyclic amines) is 1. The molecule has 2 atom stereocenters. The fourth-order valence-corrected chi connectivity index (χ4v) is 2.31. The third-order valence-corrected chi connectivity index (χ3v) is 3.67. The van der Waals surface area contributed by atoms with Gasteiger partial charge in [0.1, 0.15) is 5.82 Å². The largest absolute Gasteiger partial charge is 0.338 e. The monoisotopic (exact) mass is 286 g/mol. The zero-order chi connectivity index (χ0) is 13.3. The molecule has 19 heavy (non-hydrogen) atoms. The summed E-state index contributed by atoms with van der Waals surface area (Å²) in [6, 6.07) is 4.73. The van der Waals surface area contributed by atoms with E-state index in [1.807, 2.05) is 6.92 Å². The van der Waals surface area contributed by atoms with Crippen LogP contribution < -0.4 is 5.73 Å². The van der Waals surface area contributed by atoms with Gasteiger partial charge in [-0.25, -0.2) is 4.39 Å². The predicted octanol–water partition coefficient (Wildman–Crippen LogP) is 2.37. The Morgan fingerprint density at radius 3 is 2.74 bits per heavy atom. The lowest BCUT2D eigenvalue weighted by Crippen LogP contribution is -2.33. The highest BCUT2D eigenvalue weighted by Crippen LogP contribution is 2.21. The number of aryl methyl sites for hydroxylation is 1. The predicted molar refractivity (Wildman–Crippen MR) is 76.0 cm³/mol. The number of hydrogen-bond acceptors (Lipinski definition) is 2. The van der Waals surface area contributed by atoms with Crippen molar-refractivity contribution in [1.82, 2.24) is 4.90 Å². The van der Waals surface area contributed by atoms with Gasteiger partial charge >= 0.3 is 0 Å². The molecular formula is C14H20ClFN2O. The van der Waals surface area contributed by atoms with Crippen molar-refractivity contribution in [2.24, 2.45) is 11.7 Å². The second-order valence-electron chi connectivity index (χ2n) is 5.12. The summed E-state index contributed by atoms with van der Waals surface area (Å²) < 4.78 is 13.4. The van der Waals surface area contributed by atoms with Gasteiger partial charge in [-0.05, 0) is 43.9 Å². The smallest absolute Gasteiger partial charge is 0.253 e. The van der Waals surface area contributed by atoms with Gasteiger partial charge in [0, 0.05) is 24.7 Å². The van der Waals surface area contributed by atoms with Crippen LogP contribution in [-0.2, 0) is 0 Å². The summed E-state index contributed by atoms with van der Waals surface area (Å²) in [5.74, 6) is -0.0786. The first-order chi connectivity index (χ1) is 8.49. The Morgan fingerprint density at radius 2 is 2.21 bits per heavy atom. The molecule has 2 rings (SSSR count). The Bertz CT molecular complexity index is 465. The Hall–Kier alpha value is -1.13. The zero-order valence-corrected chi connectivity index (χ0v) is 12.0. The second kappa shape index (κ2) is 6.35. The summed E-state index contributed by atoms with van der Waals surface area (Å²) in [7, 11) is 0. The quantitative estimate of drug-likeness (QED) is 0.907. The van der Waals surface area contributed by atoms with Crippen LogP contribution in [0, 0.1) is 18.7 Å². The number of hydrogen-bond donors (Lipinski definition) is 1. The van der Waals surface area contributed by atoms with Crippen LogP contribution in [-0.4, -0.2) is 29.9 Å². The first kappa shape index (κ1) is 15.9. The molecule has 2 unspecified atom stereocenters. The minimum atomic E-state index is -0.330. The highest BCUT2D eigenvalue weighted by atomic mass is 35.5. The van der Waals surface area contributed by atoms with E-state index in [-0.39, 0.29) is 30.2 Å². The molecule has 0 saturated carbocycles. The van der Waals surface area contributed by atoms with E-state index in [2.05, 4.69) is 0 Å². The van der Waals surface area contributed by atoms with Crippen LogP contribution >= 0.6 is 12.4 Å². The maximum atomic E-state index is 13.4. The maximum Gasteiger partial charge on any atom is 0.253 e. The van der Waals surface area contributed by atoms with Gasteiger partial charge in [-0.3, -0.25) is 4.79 Å². The normalized spacial score (nSPS) is 20.0. The van der Waals surface area contributed by atoms with E-state index >= 15 is 0 Å². The van der Waals surface area contributed by atoms with Crippen LogP contribution in [0.5, 0.6) is 0 Å². The average molecular weight is 287 g/mol. The van der Waals surface area contributed by atoms with Gasteiger partial charge in [-0.1, -0.05) is 6.07 Å². The van der Waals surface area contributed by atoms with Crippen molar-refractivity contribution in [3.63, 3.8) is 0 Å². The Labute approximate surface area is 119 Å². The van der Waals surface area contributed by atoms with E-state index in [9.17, 15) is 9.18 Å². The Morgan fingerprint density at radius 1 is 1.53 bits per heavy atom. The van der Waals surface area contributed by atoms with Crippen LogP contribution in [0.25, 0.3) is 0 Å². The van der Waals surface area contributed by atoms with E-state index in [0.717, 1.165) is 6.42 Å². The van der Waals surface area contributed by atoms with Gasteiger partial charge in [0.05, 0.1) is 0 Å². The number of carbonyl (C=O) groups excluding carboxylic acids is 1. The molecule has 0 bridgehead atoms. The van der Waals surface area contributed by atoms with Crippen LogP contribution in [0.1, 0.15) is 29.3 Å². The molecular weight excluding hydrogens is 267 g/mol. The van der Waals surface area contributed by atoms with Gasteiger partial charge in [0.2, 0.25) is 0 Å². The number of benzene rings is 1. The number of nitrogens with two attached hydrogens (primary N) is 1. The van der Waals surface area contributed by atoms with Gasteiger partial charge in [-0.15, -0.1) is 12.4 Å². The molecule has 1 fully saturated rings. The first-order valence-corrected chi connectivity index (χ1v) is 6.30. The maximum absolute atomic E-state index is 13.4.